The summed E-state index contributed by atoms with van der Waals surface area (Å²) < 4.78 is 58.4. The molecule has 3 aliphatic rings. The van der Waals surface area contributed by atoms with Crippen LogP contribution in [0, 0.1) is 11.8 Å². The maximum atomic E-state index is 14.4. The van der Waals surface area contributed by atoms with Gasteiger partial charge in [0.1, 0.15) is 17.3 Å². The third kappa shape index (κ3) is 7.34. The normalized spacial score (nSPS) is 21.2. The lowest BCUT2D eigenvalue weighted by molar-refractivity contribution is -0.0532. The van der Waals surface area contributed by atoms with Gasteiger partial charge in [-0.15, -0.1) is 0 Å². The van der Waals surface area contributed by atoms with E-state index in [2.05, 4.69) is 26.0 Å². The van der Waals surface area contributed by atoms with Gasteiger partial charge in [0.25, 0.3) is 11.8 Å². The van der Waals surface area contributed by atoms with Crippen LogP contribution in [0.25, 0.3) is 0 Å². The Balaban J connectivity index is 1.39. The van der Waals surface area contributed by atoms with Gasteiger partial charge < -0.3 is 20.9 Å². The third-order valence-corrected chi connectivity index (χ3v) is 9.37. The number of anilines is 1. The molecule has 3 N–H and O–H groups in total. The van der Waals surface area contributed by atoms with Gasteiger partial charge in [0.2, 0.25) is 5.92 Å². The van der Waals surface area contributed by atoms with Gasteiger partial charge >= 0.3 is 0 Å². The van der Waals surface area contributed by atoms with Gasteiger partial charge in [-0.25, -0.2) is 32.1 Å². The molecular formula is C29H35F4N7O3S. The van der Waals surface area contributed by atoms with E-state index < -0.39 is 48.8 Å². The molecule has 15 heteroatoms. The van der Waals surface area contributed by atoms with Crippen molar-refractivity contribution in [3.8, 4) is 0 Å². The number of halogens is 4. The van der Waals surface area contributed by atoms with E-state index in [1.807, 2.05) is 19.8 Å². The quantitative estimate of drug-likeness (QED) is 0.239. The first-order chi connectivity index (χ1) is 20.9. The first-order valence-corrected chi connectivity index (χ1v) is 15.5. The molecule has 238 valence electrons. The highest BCUT2D eigenvalue weighted by atomic mass is 32.1. The molecule has 2 aromatic heterocycles. The molecule has 0 spiro atoms. The van der Waals surface area contributed by atoms with Crippen molar-refractivity contribution in [1.29, 1.82) is 0 Å². The first kappa shape index (κ1) is 31.7. The topological polar surface area (TPSA) is 121 Å². The summed E-state index contributed by atoms with van der Waals surface area (Å²) in [6, 6.07) is -0.149. The van der Waals surface area contributed by atoms with Gasteiger partial charge in [-0.2, -0.15) is 5.10 Å². The molecule has 1 saturated heterocycles. The molecule has 0 radical (unpaired) electrons. The van der Waals surface area contributed by atoms with Crippen LogP contribution in [0.15, 0.2) is 30.0 Å². The van der Waals surface area contributed by atoms with E-state index in [0.717, 1.165) is 24.2 Å². The molecule has 10 nitrogen and oxygen atoms in total. The van der Waals surface area contributed by atoms with Crippen molar-refractivity contribution in [3.05, 3.63) is 40.5 Å². The molecule has 3 heterocycles. The Kier molecular flexibility index (Phi) is 9.20. The zero-order valence-electron chi connectivity index (χ0n) is 24.4. The summed E-state index contributed by atoms with van der Waals surface area (Å²) in [6.07, 6.45) is 4.79. The Bertz CT molecular complexity index is 1450. The van der Waals surface area contributed by atoms with Gasteiger partial charge in [0.15, 0.2) is 16.9 Å². The summed E-state index contributed by atoms with van der Waals surface area (Å²) in [6.45, 7) is 2.39. The predicted molar refractivity (Wildman–Crippen MR) is 155 cm³/mol. The third-order valence-electron chi connectivity index (χ3n) is 8.36. The van der Waals surface area contributed by atoms with Crippen molar-refractivity contribution in [2.75, 3.05) is 18.4 Å². The molecule has 1 amide bonds. The molecule has 0 unspecified atom stereocenters. The molecule has 44 heavy (non-hydrogen) atoms. The maximum Gasteiger partial charge on any atom is 0.282 e. The predicted octanol–water partition coefficient (Wildman–Crippen LogP) is 4.73. The highest BCUT2D eigenvalue weighted by Crippen LogP contribution is 2.44. The summed E-state index contributed by atoms with van der Waals surface area (Å²) in [5.41, 5.74) is 0.172. The van der Waals surface area contributed by atoms with E-state index in [1.165, 1.54) is 28.0 Å². The van der Waals surface area contributed by atoms with E-state index in [-0.39, 0.29) is 54.1 Å². The zero-order valence-corrected chi connectivity index (χ0v) is 25.2. The highest BCUT2D eigenvalue weighted by Gasteiger charge is 2.43. The van der Waals surface area contributed by atoms with Crippen LogP contribution in [0.3, 0.4) is 0 Å². The second kappa shape index (κ2) is 12.7. The monoisotopic (exact) mass is 637 g/mol. The minimum atomic E-state index is -3.06. The second-order valence-corrected chi connectivity index (χ2v) is 13.2. The van der Waals surface area contributed by atoms with Crippen molar-refractivity contribution in [3.63, 3.8) is 0 Å². The number of thiazole rings is 1. The van der Waals surface area contributed by atoms with Gasteiger partial charge in [0, 0.05) is 36.2 Å². The average molecular weight is 638 g/mol. The number of aromatic nitrogens is 3. The Labute approximate surface area is 256 Å². The fourth-order valence-corrected chi connectivity index (χ4v) is 6.80. The first-order valence-electron chi connectivity index (χ1n) is 14.7. The largest absolute Gasteiger partial charge is 0.356 e. The van der Waals surface area contributed by atoms with Crippen LogP contribution in [0.5, 0.6) is 0 Å². The fraction of sp³-hybridized carbons (Fsp3) is 0.621. The Morgan fingerprint density at radius 1 is 1.16 bits per heavy atom. The number of hydrogen-bond donors (Lipinski definition) is 3. The number of nitrogens with one attached hydrogen (secondary N) is 3. The average Bonchev–Trinajstić information content (AvgIpc) is 3.44. The number of rotatable bonds is 11. The van der Waals surface area contributed by atoms with E-state index in [4.69, 9.17) is 0 Å². The lowest BCUT2D eigenvalue weighted by Crippen LogP contribution is -2.53. The SMILES string of the molecule is CC(C)n1nccc1C(=O)N[C@H](C(=C=O)Nc1ncc([C@@H](CC2CC2)N2CC(F)(F)CNC2=C=O)s1)C1CCC(F)(F)CC1. The zero-order chi connectivity index (χ0) is 31.6. The minimum absolute atomic E-state index is 0.0459. The molecule has 2 aliphatic carbocycles. The summed E-state index contributed by atoms with van der Waals surface area (Å²) in [5, 5.41) is 12.7. The minimum Gasteiger partial charge on any atom is -0.356 e. The number of carbonyl (C=O) groups excluding carboxylic acids is 3. The molecule has 2 saturated carbocycles. The van der Waals surface area contributed by atoms with Crippen LogP contribution in [-0.2, 0) is 9.59 Å². The second-order valence-electron chi connectivity index (χ2n) is 12.1. The lowest BCUT2D eigenvalue weighted by Gasteiger charge is -2.40. The van der Waals surface area contributed by atoms with Crippen LogP contribution >= 0.6 is 11.3 Å². The van der Waals surface area contributed by atoms with Gasteiger partial charge in [0.05, 0.1) is 25.2 Å². The number of nitrogens with zero attached hydrogens (tertiary/aromatic N) is 4. The number of hydrogen-bond acceptors (Lipinski definition) is 9. The van der Waals surface area contributed by atoms with Crippen molar-refractivity contribution in [1.82, 2.24) is 30.3 Å². The van der Waals surface area contributed by atoms with Crippen LogP contribution in [0.1, 0.15) is 86.2 Å². The van der Waals surface area contributed by atoms with Crippen molar-refractivity contribution in [2.45, 2.75) is 88.8 Å². The molecule has 1 aliphatic heterocycles. The number of carbonyl (C=O) groups is 1. The summed E-state index contributed by atoms with van der Waals surface area (Å²) in [7, 11) is 0. The number of alkyl halides is 4. The molecule has 3 fully saturated rings. The van der Waals surface area contributed by atoms with Gasteiger partial charge in [-0.1, -0.05) is 24.2 Å². The summed E-state index contributed by atoms with van der Waals surface area (Å²) in [5.74, 6) is -3.03. The standard InChI is InChI=1S/C29H35F4N7O3S/c1-17(2)40-21(7-10-36-40)26(43)38-25(19-5-8-28(30,31)9-6-19)20(13-41)37-27-34-12-23(44-27)22(11-18-3-4-18)39-16-29(32,33)15-35-24(39)14-42/h7,10,12,17-19,22,25,35H,3-6,8-9,11,15-16H2,1-2H3,(H,34,37)(H,38,43)/t22-,25+/m1/s1. The van der Waals surface area contributed by atoms with E-state index in [9.17, 15) is 31.9 Å². The smallest absolute Gasteiger partial charge is 0.282 e. The Morgan fingerprint density at radius 2 is 1.89 bits per heavy atom. The van der Waals surface area contributed by atoms with Crippen molar-refractivity contribution >= 4 is 34.3 Å². The summed E-state index contributed by atoms with van der Waals surface area (Å²) in [4.78, 5) is 43.6. The van der Waals surface area contributed by atoms with Crippen molar-refractivity contribution in [2.24, 2.45) is 11.8 Å². The van der Waals surface area contributed by atoms with Crippen LogP contribution < -0.4 is 16.0 Å². The fourth-order valence-electron chi connectivity index (χ4n) is 5.85. The maximum absolute atomic E-state index is 14.4. The molecule has 2 atom stereocenters. The Hall–Kier alpha value is -3.67. The molecule has 5 rings (SSSR count). The molecule has 0 bridgehead atoms. The van der Waals surface area contributed by atoms with Gasteiger partial charge in [-0.3, -0.25) is 9.48 Å². The van der Waals surface area contributed by atoms with Gasteiger partial charge in [-0.05, 0) is 51.0 Å². The van der Waals surface area contributed by atoms with E-state index >= 15 is 0 Å². The lowest BCUT2D eigenvalue weighted by atomic mass is 9.81. The van der Waals surface area contributed by atoms with Crippen LogP contribution in [-0.4, -0.2) is 68.4 Å². The molecule has 2 aromatic rings. The molecular weight excluding hydrogens is 602 g/mol. The van der Waals surface area contributed by atoms with Crippen LogP contribution in [0.4, 0.5) is 22.7 Å². The van der Waals surface area contributed by atoms with Crippen LogP contribution in [0.2, 0.25) is 0 Å². The molecule has 0 aromatic carbocycles. The van der Waals surface area contributed by atoms with Crippen molar-refractivity contribution < 1.29 is 31.9 Å². The highest BCUT2D eigenvalue weighted by molar-refractivity contribution is 7.15. The summed E-state index contributed by atoms with van der Waals surface area (Å²) >= 11 is 1.12. The van der Waals surface area contributed by atoms with E-state index in [1.54, 1.807) is 5.94 Å². The Morgan fingerprint density at radius 3 is 2.52 bits per heavy atom. The number of amides is 1. The van der Waals surface area contributed by atoms with E-state index in [0.29, 0.717) is 17.2 Å².